The molecule has 2 aromatic carbocycles. The highest BCUT2D eigenvalue weighted by Crippen LogP contribution is 2.49. The largest absolute Gasteiger partial charge is 0.405 e. The number of ether oxygens (including phenoxy) is 2. The van der Waals surface area contributed by atoms with E-state index in [0.29, 0.717) is 74.9 Å². The standard InChI is InChI=1S/C38H45F3N4O4/c1-5-45(29-8-12-48-13-9-29)34-19-28(17-30(26(34)4)36(47)42-20-31-24(2)16-25(3)43-33(31)21-46)27-6-7-32-35(18-27)44(23-38(39,40)41)22-37(32)10-14-49-15-11-37/h6-7,16-19,29,43H,5,8-15,20,22-23H2,1-4H3,(H,42,47). The maximum Gasteiger partial charge on any atom is 0.405 e. The first kappa shape index (κ1) is 34.8. The number of alkyl halides is 3. The number of allylic oxidation sites excluding steroid dienone is 3. The van der Waals surface area contributed by atoms with E-state index in [1.807, 2.05) is 57.1 Å². The second kappa shape index (κ2) is 14.1. The second-order valence-corrected chi connectivity index (χ2v) is 13.7. The molecule has 0 aromatic heterocycles. The van der Waals surface area contributed by atoms with Crippen LogP contribution in [0.3, 0.4) is 0 Å². The van der Waals surface area contributed by atoms with Crippen molar-refractivity contribution in [1.82, 2.24) is 10.6 Å². The van der Waals surface area contributed by atoms with Crippen molar-refractivity contribution in [1.29, 1.82) is 0 Å². The van der Waals surface area contributed by atoms with Crippen LogP contribution in [0.25, 0.3) is 11.1 Å². The number of benzene rings is 2. The molecule has 0 unspecified atom stereocenters. The van der Waals surface area contributed by atoms with E-state index in [1.54, 1.807) is 0 Å². The number of nitrogens with zero attached hydrogens (tertiary/aromatic N) is 2. The molecular formula is C38H45F3N4O4. The zero-order valence-corrected chi connectivity index (χ0v) is 28.7. The van der Waals surface area contributed by atoms with Gasteiger partial charge in [-0.15, -0.1) is 0 Å². The number of rotatable bonds is 8. The van der Waals surface area contributed by atoms with Crippen molar-refractivity contribution in [2.24, 2.45) is 0 Å². The van der Waals surface area contributed by atoms with Gasteiger partial charge >= 0.3 is 6.18 Å². The van der Waals surface area contributed by atoms with E-state index in [2.05, 4.69) is 28.5 Å². The molecule has 8 nitrogen and oxygen atoms in total. The minimum absolute atomic E-state index is 0.125. The predicted molar refractivity (Wildman–Crippen MR) is 185 cm³/mol. The number of nitrogens with one attached hydrogen (secondary N) is 2. The molecule has 2 aromatic rings. The Morgan fingerprint density at radius 3 is 2.45 bits per heavy atom. The maximum atomic E-state index is 14.0. The van der Waals surface area contributed by atoms with Gasteiger partial charge in [0.05, 0.1) is 0 Å². The van der Waals surface area contributed by atoms with Gasteiger partial charge in [-0.25, -0.2) is 4.79 Å². The Bertz CT molecular complexity index is 1710. The number of carbonyl (C=O) groups is 1. The third-order valence-electron chi connectivity index (χ3n) is 10.5. The van der Waals surface area contributed by atoms with E-state index >= 15 is 0 Å². The van der Waals surface area contributed by atoms with E-state index in [-0.39, 0.29) is 23.9 Å². The highest BCUT2D eigenvalue weighted by atomic mass is 19.4. The quantitative estimate of drug-likeness (QED) is 0.314. The van der Waals surface area contributed by atoms with Gasteiger partial charge in [-0.2, -0.15) is 13.2 Å². The number of anilines is 2. The molecule has 4 heterocycles. The average Bonchev–Trinajstić information content (AvgIpc) is 3.35. The summed E-state index contributed by atoms with van der Waals surface area (Å²) in [6, 6.07) is 9.95. The first-order chi connectivity index (χ1) is 23.4. The van der Waals surface area contributed by atoms with E-state index in [0.717, 1.165) is 52.1 Å². The SMILES string of the molecule is CCN(c1cc(-c2ccc3c(c2)N(CC(F)(F)F)CC32CCOCC2)cc(C(=O)NCC2=C(C)C=C(C)NC2=C=O)c1C)C1CCOCC1. The summed E-state index contributed by atoms with van der Waals surface area (Å²) in [5.41, 5.74) is 7.46. The van der Waals surface area contributed by atoms with Crippen LogP contribution in [0.4, 0.5) is 24.5 Å². The molecule has 1 spiro atoms. The monoisotopic (exact) mass is 678 g/mol. The maximum absolute atomic E-state index is 14.0. The lowest BCUT2D eigenvalue weighted by atomic mass is 9.75. The topological polar surface area (TPSA) is 83.1 Å². The number of fused-ring (bicyclic) bond motifs is 2. The molecule has 2 saturated heterocycles. The number of halogens is 3. The van der Waals surface area contributed by atoms with Crippen molar-refractivity contribution in [3.63, 3.8) is 0 Å². The van der Waals surface area contributed by atoms with Crippen LogP contribution in [-0.2, 0) is 19.7 Å². The molecule has 4 aliphatic rings. The number of hydrogen-bond donors (Lipinski definition) is 2. The summed E-state index contributed by atoms with van der Waals surface area (Å²) in [7, 11) is 0. The molecule has 2 fully saturated rings. The molecule has 11 heteroatoms. The molecule has 0 aliphatic carbocycles. The zero-order chi connectivity index (χ0) is 34.9. The predicted octanol–water partition coefficient (Wildman–Crippen LogP) is 6.37. The average molecular weight is 679 g/mol. The molecule has 0 saturated carbocycles. The van der Waals surface area contributed by atoms with Gasteiger partial charge in [-0.1, -0.05) is 12.1 Å². The molecule has 0 bridgehead atoms. The number of dihydropyridines is 1. The van der Waals surface area contributed by atoms with Gasteiger partial charge in [0.15, 0.2) is 5.94 Å². The van der Waals surface area contributed by atoms with E-state index in [4.69, 9.17) is 9.47 Å². The molecule has 2 N–H and O–H groups in total. The van der Waals surface area contributed by atoms with Crippen molar-refractivity contribution in [2.45, 2.75) is 71.0 Å². The van der Waals surface area contributed by atoms with Gasteiger partial charge in [0, 0.05) is 85.7 Å². The summed E-state index contributed by atoms with van der Waals surface area (Å²) < 4.78 is 52.8. The van der Waals surface area contributed by atoms with Crippen LogP contribution in [0.1, 0.15) is 67.9 Å². The first-order valence-electron chi connectivity index (χ1n) is 17.1. The fourth-order valence-corrected chi connectivity index (χ4v) is 8.02. The number of hydrogen-bond acceptors (Lipinski definition) is 7. The molecule has 0 atom stereocenters. The van der Waals surface area contributed by atoms with Gasteiger partial charge in [-0.3, -0.25) is 4.79 Å². The van der Waals surface area contributed by atoms with E-state index in [9.17, 15) is 22.8 Å². The molecule has 262 valence electrons. The van der Waals surface area contributed by atoms with Crippen LogP contribution in [0.5, 0.6) is 0 Å². The first-order valence-corrected chi connectivity index (χ1v) is 17.1. The number of carbonyl (C=O) groups excluding carboxylic acids is 2. The molecule has 49 heavy (non-hydrogen) atoms. The summed E-state index contributed by atoms with van der Waals surface area (Å²) >= 11 is 0. The van der Waals surface area contributed by atoms with E-state index < -0.39 is 12.7 Å². The van der Waals surface area contributed by atoms with Crippen LogP contribution < -0.4 is 20.4 Å². The van der Waals surface area contributed by atoms with Gasteiger partial charge in [-0.05, 0) is 105 Å². The van der Waals surface area contributed by atoms with Gasteiger partial charge in [0.25, 0.3) is 5.91 Å². The van der Waals surface area contributed by atoms with Crippen LogP contribution in [-0.4, -0.2) is 76.7 Å². The van der Waals surface area contributed by atoms with E-state index in [1.165, 1.54) is 4.90 Å². The lowest BCUT2D eigenvalue weighted by molar-refractivity contribution is -0.119. The van der Waals surface area contributed by atoms with Crippen LogP contribution in [0.2, 0.25) is 0 Å². The van der Waals surface area contributed by atoms with Crippen molar-refractivity contribution < 1.29 is 32.2 Å². The highest BCUT2D eigenvalue weighted by Gasteiger charge is 2.46. The highest BCUT2D eigenvalue weighted by molar-refractivity contribution is 5.99. The lowest BCUT2D eigenvalue weighted by Gasteiger charge is -2.37. The molecule has 6 rings (SSSR count). The minimum Gasteiger partial charge on any atom is -0.381 e. The molecular weight excluding hydrogens is 633 g/mol. The summed E-state index contributed by atoms with van der Waals surface area (Å²) in [6.45, 7) is 10.2. The zero-order valence-electron chi connectivity index (χ0n) is 28.7. The van der Waals surface area contributed by atoms with Crippen molar-refractivity contribution >= 4 is 23.2 Å². The van der Waals surface area contributed by atoms with Crippen molar-refractivity contribution in [2.75, 3.05) is 62.4 Å². The third-order valence-corrected chi connectivity index (χ3v) is 10.5. The minimum atomic E-state index is -4.35. The molecule has 0 radical (unpaired) electrons. The Labute approximate surface area is 286 Å². The van der Waals surface area contributed by atoms with Crippen LogP contribution in [0.15, 0.2) is 58.9 Å². The summed E-state index contributed by atoms with van der Waals surface area (Å²) in [4.78, 5) is 29.5. The normalized spacial score (nSPS) is 19.4. The number of amides is 1. The van der Waals surface area contributed by atoms with Crippen LogP contribution in [0, 0.1) is 6.92 Å². The lowest BCUT2D eigenvalue weighted by Crippen LogP contribution is -2.41. The Morgan fingerprint density at radius 1 is 1.06 bits per heavy atom. The Morgan fingerprint density at radius 2 is 1.78 bits per heavy atom. The Hall–Kier alpha value is -4.05. The molecule has 4 aliphatic heterocycles. The van der Waals surface area contributed by atoms with Crippen LogP contribution >= 0.6 is 0 Å². The van der Waals surface area contributed by atoms with Gasteiger partial charge < -0.3 is 29.9 Å². The molecule has 1 amide bonds. The third kappa shape index (κ3) is 7.16. The fraction of sp³-hybridized carbons (Fsp3) is 0.500. The second-order valence-electron chi connectivity index (χ2n) is 13.7. The summed E-state index contributed by atoms with van der Waals surface area (Å²) in [5.74, 6) is 1.65. The van der Waals surface area contributed by atoms with Crippen molar-refractivity contribution in [3.05, 3.63) is 75.6 Å². The fourth-order valence-electron chi connectivity index (χ4n) is 8.02. The smallest absolute Gasteiger partial charge is 0.381 e. The van der Waals surface area contributed by atoms with Gasteiger partial charge in [0.1, 0.15) is 12.2 Å². The Kier molecular flexibility index (Phi) is 9.98. The Balaban J connectivity index is 1.42. The summed E-state index contributed by atoms with van der Waals surface area (Å²) in [6.07, 6.45) is 0.608. The van der Waals surface area contributed by atoms with Gasteiger partial charge in [0.2, 0.25) is 0 Å². The van der Waals surface area contributed by atoms with Crippen molar-refractivity contribution in [3.8, 4) is 11.1 Å². The summed E-state index contributed by atoms with van der Waals surface area (Å²) in [5, 5.41) is 6.05.